The minimum Gasteiger partial charge on any atom is -0.481 e. The Morgan fingerprint density at radius 1 is 1.40 bits per heavy atom. The summed E-state index contributed by atoms with van der Waals surface area (Å²) in [5, 5.41) is 11.5. The number of nitrogens with one attached hydrogen (secondary N) is 1. The highest BCUT2D eigenvalue weighted by Gasteiger charge is 2.13. The molecule has 0 aliphatic rings. The second-order valence-corrected chi connectivity index (χ2v) is 4.91. The molecule has 2 unspecified atom stereocenters. The van der Waals surface area contributed by atoms with Gasteiger partial charge in [0, 0.05) is 23.9 Å². The molecule has 2 N–H and O–H groups in total. The van der Waals surface area contributed by atoms with Crippen LogP contribution in [0, 0.1) is 11.9 Å². The number of hydrogen-bond donors (Lipinski definition) is 2. The minimum atomic E-state index is -0.811. The summed E-state index contributed by atoms with van der Waals surface area (Å²) in [6.07, 6.45) is 3.19. The van der Waals surface area contributed by atoms with Crippen LogP contribution in [0.15, 0.2) is 18.3 Å². The summed E-state index contributed by atoms with van der Waals surface area (Å²) in [6.45, 7) is 3.49. The molecule has 2 atom stereocenters. The average Bonchev–Trinajstić information content (AvgIpc) is 2.38. The molecule has 110 valence electrons. The van der Waals surface area contributed by atoms with E-state index in [0.717, 1.165) is 6.07 Å². The maximum absolute atomic E-state index is 12.9. The van der Waals surface area contributed by atoms with E-state index in [1.165, 1.54) is 12.3 Å². The number of carboxylic acids is 1. The summed E-state index contributed by atoms with van der Waals surface area (Å²) in [4.78, 5) is 25.9. The van der Waals surface area contributed by atoms with Crippen LogP contribution in [0.3, 0.4) is 0 Å². The zero-order chi connectivity index (χ0) is 15.1. The average molecular weight is 282 g/mol. The quantitative estimate of drug-likeness (QED) is 0.752. The predicted molar refractivity (Wildman–Crippen MR) is 71.8 cm³/mol. The van der Waals surface area contributed by atoms with Gasteiger partial charge in [0.2, 0.25) is 5.95 Å². The van der Waals surface area contributed by atoms with E-state index in [1.54, 1.807) is 6.92 Å². The van der Waals surface area contributed by atoms with Gasteiger partial charge >= 0.3 is 5.97 Å². The molecule has 0 aliphatic heterocycles. The van der Waals surface area contributed by atoms with Crippen molar-refractivity contribution in [3.63, 3.8) is 0 Å². The Bertz CT molecular complexity index is 479. The summed E-state index contributed by atoms with van der Waals surface area (Å²) in [5.41, 5.74) is 0.225. The minimum absolute atomic E-state index is 0.0975. The van der Waals surface area contributed by atoms with Gasteiger partial charge in [-0.1, -0.05) is 13.3 Å². The van der Waals surface area contributed by atoms with E-state index < -0.39 is 11.9 Å². The molecular weight excluding hydrogens is 263 g/mol. The van der Waals surface area contributed by atoms with Crippen molar-refractivity contribution < 1.29 is 19.1 Å². The number of amides is 1. The molecule has 0 spiro atoms. The van der Waals surface area contributed by atoms with Crippen LogP contribution >= 0.6 is 0 Å². The Hall–Kier alpha value is -1.98. The van der Waals surface area contributed by atoms with E-state index in [1.807, 2.05) is 6.92 Å². The Kier molecular flexibility index (Phi) is 6.09. The van der Waals surface area contributed by atoms with Crippen LogP contribution < -0.4 is 5.32 Å². The molecule has 5 nitrogen and oxygen atoms in total. The SMILES string of the molecule is CC(CCCC(C)C(=O)O)NC(=O)c1ccnc(F)c1. The van der Waals surface area contributed by atoms with Gasteiger partial charge in [0.15, 0.2) is 0 Å². The number of nitrogens with zero attached hydrogens (tertiary/aromatic N) is 1. The van der Waals surface area contributed by atoms with Crippen LogP contribution in [0.5, 0.6) is 0 Å². The fraction of sp³-hybridized carbons (Fsp3) is 0.500. The second-order valence-electron chi connectivity index (χ2n) is 4.91. The Balaban J connectivity index is 2.37. The molecule has 0 saturated heterocycles. The molecule has 20 heavy (non-hydrogen) atoms. The van der Waals surface area contributed by atoms with Crippen LogP contribution in [0.2, 0.25) is 0 Å². The number of rotatable bonds is 7. The number of carboxylic acid groups (broad SMARTS) is 1. The fourth-order valence-electron chi connectivity index (χ4n) is 1.78. The summed E-state index contributed by atoms with van der Waals surface area (Å²) >= 11 is 0. The van der Waals surface area contributed by atoms with Gasteiger partial charge in [0.05, 0.1) is 5.92 Å². The Morgan fingerprint density at radius 3 is 2.70 bits per heavy atom. The van der Waals surface area contributed by atoms with Crippen molar-refractivity contribution >= 4 is 11.9 Å². The first-order chi connectivity index (χ1) is 9.40. The third-order valence-corrected chi connectivity index (χ3v) is 3.06. The van der Waals surface area contributed by atoms with Gasteiger partial charge in [-0.3, -0.25) is 9.59 Å². The molecule has 1 aromatic rings. The zero-order valence-corrected chi connectivity index (χ0v) is 11.6. The summed E-state index contributed by atoms with van der Waals surface area (Å²) < 4.78 is 12.9. The van der Waals surface area contributed by atoms with E-state index in [0.29, 0.717) is 19.3 Å². The molecule has 6 heteroatoms. The largest absolute Gasteiger partial charge is 0.481 e. The molecule has 0 aromatic carbocycles. The van der Waals surface area contributed by atoms with Crippen LogP contribution in [-0.4, -0.2) is 28.0 Å². The summed E-state index contributed by atoms with van der Waals surface area (Å²) in [6, 6.07) is 2.42. The van der Waals surface area contributed by atoms with Crippen molar-refractivity contribution in [2.75, 3.05) is 0 Å². The zero-order valence-electron chi connectivity index (χ0n) is 11.6. The molecular formula is C14H19FN2O3. The van der Waals surface area contributed by atoms with E-state index in [9.17, 15) is 14.0 Å². The third-order valence-electron chi connectivity index (χ3n) is 3.06. The van der Waals surface area contributed by atoms with E-state index in [2.05, 4.69) is 10.3 Å². The van der Waals surface area contributed by atoms with Gasteiger partial charge in [0.25, 0.3) is 5.91 Å². The monoisotopic (exact) mass is 282 g/mol. The van der Waals surface area contributed by atoms with Gasteiger partial charge in [-0.2, -0.15) is 4.39 Å². The normalized spacial score (nSPS) is 13.6. The van der Waals surface area contributed by atoms with Crippen LogP contribution in [-0.2, 0) is 4.79 Å². The van der Waals surface area contributed by atoms with E-state index >= 15 is 0 Å². The molecule has 1 rings (SSSR count). The van der Waals surface area contributed by atoms with Gasteiger partial charge in [-0.05, 0) is 25.8 Å². The highest BCUT2D eigenvalue weighted by molar-refractivity contribution is 5.94. The Morgan fingerprint density at radius 2 is 2.10 bits per heavy atom. The van der Waals surface area contributed by atoms with Crippen molar-refractivity contribution in [3.05, 3.63) is 29.8 Å². The first kappa shape index (κ1) is 16.1. The lowest BCUT2D eigenvalue weighted by atomic mass is 10.0. The Labute approximate surface area is 117 Å². The molecule has 1 amide bonds. The number of hydrogen-bond acceptors (Lipinski definition) is 3. The van der Waals surface area contributed by atoms with Crippen molar-refractivity contribution in [1.29, 1.82) is 0 Å². The highest BCUT2D eigenvalue weighted by Crippen LogP contribution is 2.10. The number of carbonyl (C=O) groups excluding carboxylic acids is 1. The van der Waals surface area contributed by atoms with Gasteiger partial charge < -0.3 is 10.4 Å². The van der Waals surface area contributed by atoms with Crippen LogP contribution in [0.25, 0.3) is 0 Å². The fourth-order valence-corrected chi connectivity index (χ4v) is 1.78. The number of aliphatic carboxylic acids is 1. The second kappa shape index (κ2) is 7.57. The predicted octanol–water partition coefficient (Wildman–Crippen LogP) is 2.23. The third kappa shape index (κ3) is 5.34. The van der Waals surface area contributed by atoms with E-state index in [-0.39, 0.29) is 23.4 Å². The first-order valence-electron chi connectivity index (χ1n) is 6.55. The van der Waals surface area contributed by atoms with Crippen molar-refractivity contribution in [2.24, 2.45) is 5.92 Å². The number of halogens is 1. The van der Waals surface area contributed by atoms with Crippen molar-refractivity contribution in [1.82, 2.24) is 10.3 Å². The lowest BCUT2D eigenvalue weighted by Gasteiger charge is -2.14. The van der Waals surface area contributed by atoms with Crippen LogP contribution in [0.4, 0.5) is 4.39 Å². The smallest absolute Gasteiger partial charge is 0.306 e. The molecule has 1 heterocycles. The summed E-state index contributed by atoms with van der Waals surface area (Å²) in [5.74, 6) is -2.24. The molecule has 0 fully saturated rings. The van der Waals surface area contributed by atoms with Gasteiger partial charge in [-0.15, -0.1) is 0 Å². The number of aromatic nitrogens is 1. The van der Waals surface area contributed by atoms with Crippen molar-refractivity contribution in [2.45, 2.75) is 39.2 Å². The summed E-state index contributed by atoms with van der Waals surface area (Å²) in [7, 11) is 0. The lowest BCUT2D eigenvalue weighted by Crippen LogP contribution is -2.32. The maximum Gasteiger partial charge on any atom is 0.306 e. The standard InChI is InChI=1S/C14H19FN2O3/c1-9(14(19)20)4-3-5-10(2)17-13(18)11-6-7-16-12(15)8-11/h6-10H,3-5H2,1-2H3,(H,17,18)(H,19,20). The maximum atomic E-state index is 12.9. The van der Waals surface area contributed by atoms with Crippen LogP contribution in [0.1, 0.15) is 43.5 Å². The molecule has 0 saturated carbocycles. The van der Waals surface area contributed by atoms with Gasteiger partial charge in [-0.25, -0.2) is 4.98 Å². The molecule has 0 radical (unpaired) electrons. The molecule has 0 aliphatic carbocycles. The molecule has 1 aromatic heterocycles. The molecule has 0 bridgehead atoms. The number of pyridine rings is 1. The lowest BCUT2D eigenvalue weighted by molar-refractivity contribution is -0.141. The van der Waals surface area contributed by atoms with Gasteiger partial charge in [0.1, 0.15) is 0 Å². The highest BCUT2D eigenvalue weighted by atomic mass is 19.1. The van der Waals surface area contributed by atoms with E-state index in [4.69, 9.17) is 5.11 Å². The topological polar surface area (TPSA) is 79.3 Å². The number of carbonyl (C=O) groups is 2. The first-order valence-corrected chi connectivity index (χ1v) is 6.55. The van der Waals surface area contributed by atoms with Crippen molar-refractivity contribution in [3.8, 4) is 0 Å².